The molecular weight excluding hydrogens is 494 g/mol. The molecule has 11 heteroatoms. The zero-order valence-corrected chi connectivity index (χ0v) is 20.8. The molecule has 1 aliphatic carbocycles. The van der Waals surface area contributed by atoms with Crippen molar-refractivity contribution >= 4 is 45.0 Å². The molecule has 2 aromatic heterocycles. The highest BCUT2D eigenvalue weighted by molar-refractivity contribution is 7.18. The summed E-state index contributed by atoms with van der Waals surface area (Å²) < 4.78 is 6.85. The third-order valence-electron chi connectivity index (χ3n) is 6.04. The van der Waals surface area contributed by atoms with E-state index in [0.29, 0.717) is 22.6 Å². The SMILES string of the molecule is Cc1nc2sc3c(c2c(=O)n1/N=C/c1ccc(OCC(=O)Nc2cccc([N+](=O)[O-])c2)cc1)CCCC3. The van der Waals surface area contributed by atoms with Crippen LogP contribution in [-0.2, 0) is 17.6 Å². The molecular formula is C26H23N5O5S. The molecule has 188 valence electrons. The first-order valence-corrected chi connectivity index (χ1v) is 12.6. The molecule has 37 heavy (non-hydrogen) atoms. The van der Waals surface area contributed by atoms with Crippen molar-refractivity contribution < 1.29 is 14.5 Å². The maximum atomic E-state index is 13.2. The molecule has 0 saturated heterocycles. The number of carbonyl (C=O) groups excluding carboxylic acids is 1. The zero-order chi connectivity index (χ0) is 25.9. The van der Waals surface area contributed by atoms with E-state index < -0.39 is 10.8 Å². The molecule has 0 spiro atoms. The van der Waals surface area contributed by atoms with Crippen molar-refractivity contribution in [3.8, 4) is 5.75 Å². The van der Waals surface area contributed by atoms with Gasteiger partial charge in [-0.3, -0.25) is 19.7 Å². The number of aryl methyl sites for hydroxylation is 3. The van der Waals surface area contributed by atoms with Crippen molar-refractivity contribution in [2.45, 2.75) is 32.6 Å². The van der Waals surface area contributed by atoms with Crippen LogP contribution in [0.1, 0.15) is 34.7 Å². The highest BCUT2D eigenvalue weighted by Gasteiger charge is 2.21. The van der Waals surface area contributed by atoms with Crippen LogP contribution in [0, 0.1) is 17.0 Å². The number of rotatable bonds is 7. The van der Waals surface area contributed by atoms with Gasteiger partial charge in [0.15, 0.2) is 6.61 Å². The Morgan fingerprint density at radius 2 is 2.03 bits per heavy atom. The van der Waals surface area contributed by atoms with Gasteiger partial charge in [0.2, 0.25) is 0 Å². The molecule has 1 amide bonds. The second kappa shape index (κ2) is 10.3. The highest BCUT2D eigenvalue weighted by Crippen LogP contribution is 2.33. The Bertz CT molecular complexity index is 1590. The number of hydrogen-bond donors (Lipinski definition) is 1. The molecule has 1 aliphatic rings. The summed E-state index contributed by atoms with van der Waals surface area (Å²) in [6.45, 7) is 1.51. The number of non-ortho nitro benzene ring substituents is 1. The summed E-state index contributed by atoms with van der Waals surface area (Å²) in [5.74, 6) is 0.550. The highest BCUT2D eigenvalue weighted by atomic mass is 32.1. The molecule has 5 rings (SSSR count). The number of nitro groups is 1. The molecule has 0 radical (unpaired) electrons. The van der Waals surface area contributed by atoms with Crippen LogP contribution in [0.25, 0.3) is 10.2 Å². The minimum Gasteiger partial charge on any atom is -0.484 e. The number of hydrogen-bond acceptors (Lipinski definition) is 8. The number of amides is 1. The molecule has 0 bridgehead atoms. The minimum absolute atomic E-state index is 0.112. The van der Waals surface area contributed by atoms with Crippen LogP contribution in [0.4, 0.5) is 11.4 Å². The normalized spacial score (nSPS) is 13.0. The number of benzene rings is 2. The number of anilines is 1. The van der Waals surface area contributed by atoms with E-state index in [0.717, 1.165) is 41.6 Å². The van der Waals surface area contributed by atoms with Crippen LogP contribution >= 0.6 is 11.3 Å². The Morgan fingerprint density at radius 3 is 2.81 bits per heavy atom. The lowest BCUT2D eigenvalue weighted by molar-refractivity contribution is -0.384. The first-order valence-electron chi connectivity index (χ1n) is 11.7. The van der Waals surface area contributed by atoms with Gasteiger partial charge in [0, 0.05) is 22.7 Å². The Labute approximate surface area is 215 Å². The van der Waals surface area contributed by atoms with E-state index in [1.54, 1.807) is 54.8 Å². The lowest BCUT2D eigenvalue weighted by Gasteiger charge is -2.10. The third-order valence-corrected chi connectivity index (χ3v) is 7.23. The zero-order valence-electron chi connectivity index (χ0n) is 20.0. The fourth-order valence-electron chi connectivity index (χ4n) is 4.25. The van der Waals surface area contributed by atoms with Crippen LogP contribution in [0.2, 0.25) is 0 Å². The number of aromatic nitrogens is 2. The molecule has 4 aromatic rings. The lowest BCUT2D eigenvalue weighted by Crippen LogP contribution is -2.21. The second-order valence-corrected chi connectivity index (χ2v) is 9.71. The van der Waals surface area contributed by atoms with E-state index in [1.165, 1.54) is 27.8 Å². The predicted molar refractivity (Wildman–Crippen MR) is 142 cm³/mol. The lowest BCUT2D eigenvalue weighted by atomic mass is 9.97. The largest absolute Gasteiger partial charge is 0.484 e. The maximum absolute atomic E-state index is 13.2. The molecule has 2 heterocycles. The van der Waals surface area contributed by atoms with Crippen LogP contribution in [0.5, 0.6) is 5.75 Å². The van der Waals surface area contributed by atoms with Crippen molar-refractivity contribution in [2.75, 3.05) is 11.9 Å². The van der Waals surface area contributed by atoms with Gasteiger partial charge in [-0.25, -0.2) is 4.98 Å². The Balaban J connectivity index is 1.24. The van der Waals surface area contributed by atoms with E-state index in [-0.39, 0.29) is 17.9 Å². The first-order chi connectivity index (χ1) is 17.9. The van der Waals surface area contributed by atoms with Crippen molar-refractivity contribution in [2.24, 2.45) is 5.10 Å². The van der Waals surface area contributed by atoms with Gasteiger partial charge < -0.3 is 10.1 Å². The van der Waals surface area contributed by atoms with Gasteiger partial charge in [0.1, 0.15) is 16.4 Å². The molecule has 2 aromatic carbocycles. The van der Waals surface area contributed by atoms with Crippen molar-refractivity contribution in [1.82, 2.24) is 9.66 Å². The molecule has 0 atom stereocenters. The number of thiophene rings is 1. The van der Waals surface area contributed by atoms with Crippen molar-refractivity contribution in [3.05, 3.63) is 90.8 Å². The number of nitro benzene ring substituents is 1. The number of fused-ring (bicyclic) bond motifs is 3. The van der Waals surface area contributed by atoms with Crippen molar-refractivity contribution in [1.29, 1.82) is 0 Å². The Kier molecular flexibility index (Phi) is 6.78. The quantitative estimate of drug-likeness (QED) is 0.219. The summed E-state index contributed by atoms with van der Waals surface area (Å²) >= 11 is 1.62. The summed E-state index contributed by atoms with van der Waals surface area (Å²) in [7, 11) is 0. The van der Waals surface area contributed by atoms with Crippen LogP contribution in [-0.4, -0.2) is 33.3 Å². The Morgan fingerprint density at radius 1 is 1.24 bits per heavy atom. The van der Waals surface area contributed by atoms with E-state index in [1.807, 2.05) is 0 Å². The molecule has 0 fully saturated rings. The van der Waals surface area contributed by atoms with Gasteiger partial charge in [-0.15, -0.1) is 11.3 Å². The van der Waals surface area contributed by atoms with Crippen molar-refractivity contribution in [3.63, 3.8) is 0 Å². The molecule has 1 N–H and O–H groups in total. The summed E-state index contributed by atoms with van der Waals surface area (Å²) in [4.78, 5) is 42.4. The predicted octanol–water partition coefficient (Wildman–Crippen LogP) is 4.45. The average molecular weight is 518 g/mol. The number of ether oxygens (including phenoxy) is 1. The van der Waals surface area contributed by atoms with Crippen LogP contribution in [0.3, 0.4) is 0 Å². The monoisotopic (exact) mass is 517 g/mol. The van der Waals surface area contributed by atoms with Gasteiger partial charge in [-0.1, -0.05) is 6.07 Å². The Hall–Kier alpha value is -4.38. The standard InChI is InChI=1S/C26H23N5O5S/c1-16-28-25-24(21-7-2-3-8-22(21)37-25)26(33)30(16)27-14-17-9-11-20(12-10-17)36-15-23(32)29-18-5-4-6-19(13-18)31(34)35/h4-6,9-14H,2-3,7-8,15H2,1H3,(H,29,32)/b27-14+. The van der Waals surface area contributed by atoms with Crippen LogP contribution in [0.15, 0.2) is 58.4 Å². The van der Waals surface area contributed by atoms with E-state index in [9.17, 15) is 19.7 Å². The summed E-state index contributed by atoms with van der Waals surface area (Å²) in [6.07, 6.45) is 5.72. The molecule has 0 unspecified atom stereocenters. The van der Waals surface area contributed by atoms with E-state index in [4.69, 9.17) is 4.74 Å². The van der Waals surface area contributed by atoms with Gasteiger partial charge in [0.25, 0.3) is 17.2 Å². The smallest absolute Gasteiger partial charge is 0.283 e. The fraction of sp³-hybridized carbons (Fsp3) is 0.231. The summed E-state index contributed by atoms with van der Waals surface area (Å²) in [5.41, 5.74) is 1.93. The first kappa shape index (κ1) is 24.3. The average Bonchev–Trinajstić information content (AvgIpc) is 3.26. The fourth-order valence-corrected chi connectivity index (χ4v) is 5.55. The number of nitrogens with zero attached hydrogens (tertiary/aromatic N) is 4. The number of carbonyl (C=O) groups is 1. The van der Waals surface area contributed by atoms with Gasteiger partial charge in [-0.05, 0) is 74.1 Å². The van der Waals surface area contributed by atoms with E-state index in [2.05, 4.69) is 15.4 Å². The molecule has 0 saturated carbocycles. The van der Waals surface area contributed by atoms with Gasteiger partial charge in [0.05, 0.1) is 16.5 Å². The number of nitrogens with one attached hydrogen (secondary N) is 1. The molecule has 0 aliphatic heterocycles. The minimum atomic E-state index is -0.529. The van der Waals surface area contributed by atoms with Crippen LogP contribution < -0.4 is 15.6 Å². The molecule has 10 nitrogen and oxygen atoms in total. The summed E-state index contributed by atoms with van der Waals surface area (Å²) in [5, 5.41) is 18.5. The maximum Gasteiger partial charge on any atom is 0.283 e. The third kappa shape index (κ3) is 5.26. The van der Waals surface area contributed by atoms with Gasteiger partial charge in [-0.2, -0.15) is 9.78 Å². The van der Waals surface area contributed by atoms with Gasteiger partial charge >= 0.3 is 0 Å². The summed E-state index contributed by atoms with van der Waals surface area (Å²) in [6, 6.07) is 12.6. The second-order valence-electron chi connectivity index (χ2n) is 8.62. The topological polar surface area (TPSA) is 129 Å². The van der Waals surface area contributed by atoms with E-state index >= 15 is 0 Å².